The highest BCUT2D eigenvalue weighted by molar-refractivity contribution is 6.42. The standard InChI is InChI=1S/C14H11Cl2N3O2/c15-11-4-3-10(6-12(11)16)19-14(21)13(20)18-8-9-2-1-5-17-7-9/h1-7H,8H2,(H,18,20)(H,19,21). The number of hydrogen-bond acceptors (Lipinski definition) is 3. The van der Waals surface area contributed by atoms with Crippen LogP contribution in [-0.2, 0) is 16.1 Å². The molecule has 21 heavy (non-hydrogen) atoms. The summed E-state index contributed by atoms with van der Waals surface area (Å²) in [7, 11) is 0. The number of anilines is 1. The predicted octanol–water partition coefficient (Wildman–Crippen LogP) is 2.64. The number of nitrogens with one attached hydrogen (secondary N) is 2. The Balaban J connectivity index is 1.90. The largest absolute Gasteiger partial charge is 0.344 e. The van der Waals surface area contributed by atoms with Crippen molar-refractivity contribution in [3.8, 4) is 0 Å². The summed E-state index contributed by atoms with van der Waals surface area (Å²) < 4.78 is 0. The van der Waals surface area contributed by atoms with Crippen LogP contribution < -0.4 is 10.6 Å². The minimum absolute atomic E-state index is 0.224. The Morgan fingerprint density at radius 3 is 2.57 bits per heavy atom. The number of amides is 2. The van der Waals surface area contributed by atoms with Crippen LogP contribution in [0.3, 0.4) is 0 Å². The Morgan fingerprint density at radius 2 is 1.90 bits per heavy atom. The number of rotatable bonds is 3. The van der Waals surface area contributed by atoms with Crippen LogP contribution >= 0.6 is 23.2 Å². The molecule has 108 valence electrons. The predicted molar refractivity (Wildman–Crippen MR) is 81.2 cm³/mol. The fourth-order valence-electron chi connectivity index (χ4n) is 1.53. The van der Waals surface area contributed by atoms with E-state index >= 15 is 0 Å². The lowest BCUT2D eigenvalue weighted by atomic mass is 10.3. The quantitative estimate of drug-likeness (QED) is 0.853. The molecule has 1 heterocycles. The van der Waals surface area contributed by atoms with Gasteiger partial charge in [-0.25, -0.2) is 0 Å². The minimum Gasteiger partial charge on any atom is -0.344 e. The van der Waals surface area contributed by atoms with Crippen LogP contribution in [0.5, 0.6) is 0 Å². The number of benzene rings is 1. The third-order valence-electron chi connectivity index (χ3n) is 2.56. The van der Waals surface area contributed by atoms with Crippen molar-refractivity contribution < 1.29 is 9.59 Å². The number of hydrogen-bond donors (Lipinski definition) is 2. The number of aromatic nitrogens is 1. The van der Waals surface area contributed by atoms with Gasteiger partial charge < -0.3 is 10.6 Å². The zero-order valence-electron chi connectivity index (χ0n) is 10.8. The molecule has 0 aliphatic heterocycles. The fraction of sp³-hybridized carbons (Fsp3) is 0.0714. The summed E-state index contributed by atoms with van der Waals surface area (Å²) >= 11 is 11.6. The van der Waals surface area contributed by atoms with Crippen molar-refractivity contribution in [2.45, 2.75) is 6.54 Å². The fourth-order valence-corrected chi connectivity index (χ4v) is 1.83. The van der Waals surface area contributed by atoms with E-state index in [9.17, 15) is 9.59 Å². The van der Waals surface area contributed by atoms with E-state index in [4.69, 9.17) is 23.2 Å². The molecular formula is C14H11Cl2N3O2. The average molecular weight is 324 g/mol. The van der Waals surface area contributed by atoms with E-state index in [1.807, 2.05) is 0 Å². The van der Waals surface area contributed by atoms with E-state index < -0.39 is 11.8 Å². The first-order valence-electron chi connectivity index (χ1n) is 5.99. The van der Waals surface area contributed by atoms with Crippen LogP contribution in [0.1, 0.15) is 5.56 Å². The minimum atomic E-state index is -0.780. The van der Waals surface area contributed by atoms with Crippen LogP contribution in [0.15, 0.2) is 42.7 Å². The van der Waals surface area contributed by atoms with E-state index in [0.29, 0.717) is 15.7 Å². The summed E-state index contributed by atoms with van der Waals surface area (Å²) in [6, 6.07) is 8.10. The second-order valence-corrected chi connectivity index (χ2v) is 4.94. The zero-order chi connectivity index (χ0) is 15.2. The van der Waals surface area contributed by atoms with Gasteiger partial charge in [-0.1, -0.05) is 29.3 Å². The summed E-state index contributed by atoms with van der Waals surface area (Å²) in [4.78, 5) is 27.3. The average Bonchev–Trinajstić information content (AvgIpc) is 2.49. The lowest BCUT2D eigenvalue weighted by Gasteiger charge is -2.07. The van der Waals surface area contributed by atoms with Gasteiger partial charge in [-0.15, -0.1) is 0 Å². The summed E-state index contributed by atoms with van der Waals surface area (Å²) in [5, 5.41) is 5.60. The molecule has 2 amide bonds. The third-order valence-corrected chi connectivity index (χ3v) is 3.30. The number of carbonyl (C=O) groups is 2. The van der Waals surface area contributed by atoms with Gasteiger partial charge in [0.2, 0.25) is 0 Å². The molecule has 0 saturated carbocycles. The Morgan fingerprint density at radius 1 is 1.10 bits per heavy atom. The highest BCUT2D eigenvalue weighted by Gasteiger charge is 2.13. The van der Waals surface area contributed by atoms with E-state index in [2.05, 4.69) is 15.6 Å². The van der Waals surface area contributed by atoms with E-state index in [1.165, 1.54) is 12.1 Å². The number of pyridine rings is 1. The van der Waals surface area contributed by atoms with Crippen molar-refractivity contribution in [2.75, 3.05) is 5.32 Å². The highest BCUT2D eigenvalue weighted by atomic mass is 35.5. The third kappa shape index (κ3) is 4.44. The van der Waals surface area contributed by atoms with Crippen molar-refractivity contribution >= 4 is 40.7 Å². The van der Waals surface area contributed by atoms with Gasteiger partial charge in [0.05, 0.1) is 10.0 Å². The Labute approximate surface area is 131 Å². The molecule has 0 fully saturated rings. The molecule has 0 bridgehead atoms. The van der Waals surface area contributed by atoms with Crippen LogP contribution in [0, 0.1) is 0 Å². The number of carbonyl (C=O) groups excluding carboxylic acids is 2. The first-order valence-corrected chi connectivity index (χ1v) is 6.75. The molecule has 2 rings (SSSR count). The molecule has 0 spiro atoms. The van der Waals surface area contributed by atoms with Crippen LogP contribution in [0.25, 0.3) is 0 Å². The van der Waals surface area contributed by atoms with Crippen molar-refractivity contribution in [2.24, 2.45) is 0 Å². The Hall–Kier alpha value is -2.11. The lowest BCUT2D eigenvalue weighted by Crippen LogP contribution is -2.34. The first-order chi connectivity index (χ1) is 10.1. The SMILES string of the molecule is O=C(NCc1cccnc1)C(=O)Nc1ccc(Cl)c(Cl)c1. The van der Waals surface area contributed by atoms with Crippen molar-refractivity contribution in [1.29, 1.82) is 0 Å². The molecule has 0 aliphatic carbocycles. The molecule has 1 aromatic carbocycles. The molecule has 0 unspecified atom stereocenters. The first kappa shape index (κ1) is 15.3. The Kier molecular flexibility index (Phi) is 5.14. The van der Waals surface area contributed by atoms with Crippen LogP contribution in [0.4, 0.5) is 5.69 Å². The highest BCUT2D eigenvalue weighted by Crippen LogP contribution is 2.24. The maximum atomic E-state index is 11.7. The Bertz CT molecular complexity index is 663. The van der Waals surface area contributed by atoms with Crippen molar-refractivity contribution in [3.05, 3.63) is 58.3 Å². The summed E-state index contributed by atoms with van der Waals surface area (Å²) in [5.41, 5.74) is 1.19. The molecule has 0 atom stereocenters. The molecule has 0 saturated heterocycles. The van der Waals surface area contributed by atoms with Gasteiger partial charge in [0.15, 0.2) is 0 Å². The van der Waals surface area contributed by atoms with E-state index in [1.54, 1.807) is 30.6 Å². The zero-order valence-corrected chi connectivity index (χ0v) is 12.3. The number of nitrogens with zero attached hydrogens (tertiary/aromatic N) is 1. The monoisotopic (exact) mass is 323 g/mol. The number of halogens is 2. The molecule has 5 nitrogen and oxygen atoms in total. The maximum absolute atomic E-state index is 11.7. The molecular weight excluding hydrogens is 313 g/mol. The molecule has 0 aliphatic rings. The van der Waals surface area contributed by atoms with Gasteiger partial charge in [-0.2, -0.15) is 0 Å². The molecule has 2 aromatic rings. The molecule has 1 aromatic heterocycles. The molecule has 2 N–H and O–H groups in total. The second kappa shape index (κ2) is 7.06. The van der Waals surface area contributed by atoms with E-state index in [-0.39, 0.29) is 6.54 Å². The summed E-state index contributed by atoms with van der Waals surface area (Å²) in [6.07, 6.45) is 3.24. The summed E-state index contributed by atoms with van der Waals surface area (Å²) in [5.74, 6) is -1.53. The van der Waals surface area contributed by atoms with Gasteiger partial charge in [0.25, 0.3) is 0 Å². The smallest absolute Gasteiger partial charge is 0.313 e. The summed E-state index contributed by atoms with van der Waals surface area (Å²) in [6.45, 7) is 0.224. The van der Waals surface area contributed by atoms with Crippen LogP contribution in [-0.4, -0.2) is 16.8 Å². The topological polar surface area (TPSA) is 71.1 Å². The van der Waals surface area contributed by atoms with Crippen molar-refractivity contribution in [3.63, 3.8) is 0 Å². The second-order valence-electron chi connectivity index (χ2n) is 4.13. The lowest BCUT2D eigenvalue weighted by molar-refractivity contribution is -0.136. The molecule has 0 radical (unpaired) electrons. The normalized spacial score (nSPS) is 10.0. The van der Waals surface area contributed by atoms with Gasteiger partial charge in [0, 0.05) is 24.6 Å². The molecule has 7 heteroatoms. The van der Waals surface area contributed by atoms with Gasteiger partial charge in [-0.3, -0.25) is 14.6 Å². The van der Waals surface area contributed by atoms with Crippen molar-refractivity contribution in [1.82, 2.24) is 10.3 Å². The van der Waals surface area contributed by atoms with Gasteiger partial charge >= 0.3 is 11.8 Å². The van der Waals surface area contributed by atoms with Gasteiger partial charge in [0.1, 0.15) is 0 Å². The van der Waals surface area contributed by atoms with E-state index in [0.717, 1.165) is 5.56 Å². The van der Waals surface area contributed by atoms with Crippen LogP contribution in [0.2, 0.25) is 10.0 Å². The van der Waals surface area contributed by atoms with Gasteiger partial charge in [-0.05, 0) is 29.8 Å². The maximum Gasteiger partial charge on any atom is 0.313 e.